The first kappa shape index (κ1) is 12.9. The Kier molecular flexibility index (Phi) is 4.43. The van der Waals surface area contributed by atoms with E-state index in [2.05, 4.69) is 17.6 Å². The van der Waals surface area contributed by atoms with Crippen LogP contribution in [0.4, 0.5) is 0 Å². The molecule has 1 aliphatic carbocycles. The average molecular weight is 238 g/mol. The second kappa shape index (κ2) is 5.85. The molecule has 0 aromatic carbocycles. The first-order valence-electron chi connectivity index (χ1n) is 7.21. The molecule has 98 valence electrons. The first-order chi connectivity index (χ1) is 8.24. The van der Waals surface area contributed by atoms with Gasteiger partial charge in [-0.05, 0) is 56.5 Å². The highest BCUT2D eigenvalue weighted by molar-refractivity contribution is 5.75. The van der Waals surface area contributed by atoms with Crippen LogP contribution in [0.25, 0.3) is 0 Å². The Morgan fingerprint density at radius 1 is 1.47 bits per heavy atom. The van der Waals surface area contributed by atoms with E-state index in [0.29, 0.717) is 11.8 Å². The van der Waals surface area contributed by atoms with Crippen molar-refractivity contribution in [1.29, 1.82) is 0 Å². The molecule has 1 unspecified atom stereocenters. The van der Waals surface area contributed by atoms with Crippen molar-refractivity contribution in [3.8, 4) is 0 Å². The zero-order chi connectivity index (χ0) is 12.1. The highest BCUT2D eigenvalue weighted by atomic mass is 16.1. The Morgan fingerprint density at radius 3 is 2.82 bits per heavy atom. The maximum absolute atomic E-state index is 11.8. The molecule has 0 spiro atoms. The van der Waals surface area contributed by atoms with Crippen LogP contribution in [-0.2, 0) is 4.79 Å². The number of nitrogens with one attached hydrogen (secondary N) is 2. The summed E-state index contributed by atoms with van der Waals surface area (Å²) >= 11 is 0. The van der Waals surface area contributed by atoms with Crippen molar-refractivity contribution in [2.45, 2.75) is 51.9 Å². The van der Waals surface area contributed by atoms with Gasteiger partial charge in [0.15, 0.2) is 0 Å². The Balaban J connectivity index is 1.60. The molecule has 0 aromatic rings. The summed E-state index contributed by atoms with van der Waals surface area (Å²) in [6, 6.07) is 0. The Hall–Kier alpha value is -0.570. The topological polar surface area (TPSA) is 41.1 Å². The standard InChI is InChI=1S/C14H26N2O/c1-2-14(7-3-8-14)11-16-13(17)5-4-12-6-9-15-10-12/h12,15H,2-11H2,1H3,(H,16,17). The molecule has 1 atom stereocenters. The van der Waals surface area contributed by atoms with Crippen LogP contribution >= 0.6 is 0 Å². The molecule has 3 heteroatoms. The third-order valence-electron chi connectivity index (χ3n) is 4.77. The summed E-state index contributed by atoms with van der Waals surface area (Å²) in [7, 11) is 0. The van der Waals surface area contributed by atoms with Gasteiger partial charge in [0.05, 0.1) is 0 Å². The predicted molar refractivity (Wildman–Crippen MR) is 69.8 cm³/mol. The van der Waals surface area contributed by atoms with E-state index in [1.54, 1.807) is 0 Å². The molecule has 2 rings (SSSR count). The summed E-state index contributed by atoms with van der Waals surface area (Å²) < 4.78 is 0. The second-order valence-electron chi connectivity index (χ2n) is 5.88. The number of carbonyl (C=O) groups excluding carboxylic acids is 1. The number of hydrogen-bond donors (Lipinski definition) is 2. The molecular weight excluding hydrogens is 212 g/mol. The van der Waals surface area contributed by atoms with Gasteiger partial charge >= 0.3 is 0 Å². The molecule has 2 N–H and O–H groups in total. The van der Waals surface area contributed by atoms with E-state index in [9.17, 15) is 4.79 Å². The van der Waals surface area contributed by atoms with Gasteiger partial charge in [-0.2, -0.15) is 0 Å². The van der Waals surface area contributed by atoms with Gasteiger partial charge in [0.1, 0.15) is 0 Å². The molecule has 1 saturated carbocycles. The van der Waals surface area contributed by atoms with Gasteiger partial charge in [0.2, 0.25) is 5.91 Å². The molecular formula is C14H26N2O. The van der Waals surface area contributed by atoms with Gasteiger partial charge in [-0.25, -0.2) is 0 Å². The predicted octanol–water partition coefficient (Wildman–Crippen LogP) is 2.07. The molecule has 2 fully saturated rings. The van der Waals surface area contributed by atoms with Crippen LogP contribution in [0.2, 0.25) is 0 Å². The number of hydrogen-bond acceptors (Lipinski definition) is 2. The second-order valence-corrected chi connectivity index (χ2v) is 5.88. The summed E-state index contributed by atoms with van der Waals surface area (Å²) in [5.41, 5.74) is 0.449. The van der Waals surface area contributed by atoms with Crippen molar-refractivity contribution >= 4 is 5.91 Å². The van der Waals surface area contributed by atoms with E-state index in [-0.39, 0.29) is 5.91 Å². The third kappa shape index (κ3) is 3.44. The highest BCUT2D eigenvalue weighted by Gasteiger charge is 2.35. The average Bonchev–Trinajstić information content (AvgIpc) is 2.78. The molecule has 1 amide bonds. The van der Waals surface area contributed by atoms with Crippen LogP contribution in [0.15, 0.2) is 0 Å². The van der Waals surface area contributed by atoms with Crippen molar-refractivity contribution in [2.75, 3.05) is 19.6 Å². The van der Waals surface area contributed by atoms with E-state index in [1.807, 2.05) is 0 Å². The van der Waals surface area contributed by atoms with Crippen LogP contribution < -0.4 is 10.6 Å². The zero-order valence-corrected chi connectivity index (χ0v) is 11.1. The van der Waals surface area contributed by atoms with Crippen LogP contribution in [0.5, 0.6) is 0 Å². The quantitative estimate of drug-likeness (QED) is 0.744. The summed E-state index contributed by atoms with van der Waals surface area (Å²) in [6.45, 7) is 5.39. The van der Waals surface area contributed by atoms with Gasteiger partial charge in [0, 0.05) is 13.0 Å². The summed E-state index contributed by atoms with van der Waals surface area (Å²) in [5, 5.41) is 6.49. The van der Waals surface area contributed by atoms with Crippen molar-refractivity contribution in [1.82, 2.24) is 10.6 Å². The van der Waals surface area contributed by atoms with Crippen LogP contribution in [0.1, 0.15) is 51.9 Å². The monoisotopic (exact) mass is 238 g/mol. The van der Waals surface area contributed by atoms with Gasteiger partial charge < -0.3 is 10.6 Å². The summed E-state index contributed by atoms with van der Waals surface area (Å²) in [4.78, 5) is 11.8. The van der Waals surface area contributed by atoms with E-state index in [4.69, 9.17) is 0 Å². The van der Waals surface area contributed by atoms with Crippen molar-refractivity contribution in [3.63, 3.8) is 0 Å². The fourth-order valence-corrected chi connectivity index (χ4v) is 3.00. The van der Waals surface area contributed by atoms with Crippen molar-refractivity contribution < 1.29 is 4.79 Å². The number of carbonyl (C=O) groups is 1. The smallest absolute Gasteiger partial charge is 0.220 e. The Labute approximate surface area is 105 Å². The van der Waals surface area contributed by atoms with Crippen molar-refractivity contribution in [3.05, 3.63) is 0 Å². The van der Waals surface area contributed by atoms with E-state index in [1.165, 1.54) is 32.1 Å². The lowest BCUT2D eigenvalue weighted by Crippen LogP contribution is -2.41. The molecule has 0 bridgehead atoms. The van der Waals surface area contributed by atoms with Crippen LogP contribution in [0.3, 0.4) is 0 Å². The Morgan fingerprint density at radius 2 is 2.29 bits per heavy atom. The van der Waals surface area contributed by atoms with E-state index in [0.717, 1.165) is 32.0 Å². The SMILES string of the molecule is CCC1(CNC(=O)CCC2CCNC2)CCC1. The molecule has 3 nitrogen and oxygen atoms in total. The fraction of sp³-hybridized carbons (Fsp3) is 0.929. The Bertz CT molecular complexity index is 249. The van der Waals surface area contributed by atoms with Gasteiger partial charge in [-0.15, -0.1) is 0 Å². The molecule has 1 heterocycles. The minimum Gasteiger partial charge on any atom is -0.356 e. The maximum Gasteiger partial charge on any atom is 0.220 e. The third-order valence-corrected chi connectivity index (χ3v) is 4.77. The number of rotatable bonds is 6. The minimum absolute atomic E-state index is 0.261. The normalized spacial score (nSPS) is 26.5. The molecule has 0 aromatic heterocycles. The maximum atomic E-state index is 11.8. The molecule has 0 radical (unpaired) electrons. The lowest BCUT2D eigenvalue weighted by Gasteiger charge is -2.41. The lowest BCUT2D eigenvalue weighted by atomic mass is 9.67. The largest absolute Gasteiger partial charge is 0.356 e. The minimum atomic E-state index is 0.261. The summed E-state index contributed by atoms with van der Waals surface area (Å²) in [6.07, 6.45) is 8.17. The fourth-order valence-electron chi connectivity index (χ4n) is 3.00. The zero-order valence-electron chi connectivity index (χ0n) is 11.1. The first-order valence-corrected chi connectivity index (χ1v) is 7.21. The molecule has 1 aliphatic heterocycles. The van der Waals surface area contributed by atoms with Crippen LogP contribution in [-0.4, -0.2) is 25.5 Å². The summed E-state index contributed by atoms with van der Waals surface area (Å²) in [5.74, 6) is 0.987. The van der Waals surface area contributed by atoms with Crippen LogP contribution in [0, 0.1) is 11.3 Å². The van der Waals surface area contributed by atoms with Gasteiger partial charge in [0.25, 0.3) is 0 Å². The highest BCUT2D eigenvalue weighted by Crippen LogP contribution is 2.43. The molecule has 1 saturated heterocycles. The van der Waals surface area contributed by atoms with Crippen molar-refractivity contribution in [2.24, 2.45) is 11.3 Å². The molecule has 2 aliphatic rings. The van der Waals surface area contributed by atoms with Gasteiger partial charge in [-0.3, -0.25) is 4.79 Å². The van der Waals surface area contributed by atoms with E-state index >= 15 is 0 Å². The molecule has 17 heavy (non-hydrogen) atoms. The van der Waals surface area contributed by atoms with Gasteiger partial charge in [-0.1, -0.05) is 13.3 Å². The lowest BCUT2D eigenvalue weighted by molar-refractivity contribution is -0.122. The van der Waals surface area contributed by atoms with E-state index < -0.39 is 0 Å². The number of amides is 1.